The Morgan fingerprint density at radius 3 is 2.68 bits per heavy atom. The molecule has 19 heavy (non-hydrogen) atoms. The van der Waals surface area contributed by atoms with Gasteiger partial charge in [-0.2, -0.15) is 0 Å². The van der Waals surface area contributed by atoms with Crippen molar-refractivity contribution in [3.63, 3.8) is 0 Å². The van der Waals surface area contributed by atoms with Gasteiger partial charge in [0.2, 0.25) is 0 Å². The third-order valence-electron chi connectivity index (χ3n) is 3.56. The van der Waals surface area contributed by atoms with E-state index in [0.29, 0.717) is 19.8 Å². The molecule has 0 radical (unpaired) electrons. The lowest BCUT2D eigenvalue weighted by atomic mass is 10.0. The van der Waals surface area contributed by atoms with Gasteiger partial charge in [0.05, 0.1) is 19.8 Å². The van der Waals surface area contributed by atoms with E-state index < -0.39 is 5.97 Å². The molecule has 0 unspecified atom stereocenters. The first kappa shape index (κ1) is 13.0. The van der Waals surface area contributed by atoms with Crippen LogP contribution in [-0.4, -0.2) is 53.1 Å². The third-order valence-corrected chi connectivity index (χ3v) is 4.39. The predicted molar refractivity (Wildman–Crippen MR) is 68.2 cm³/mol. The van der Waals surface area contributed by atoms with E-state index in [0.717, 1.165) is 30.9 Å². The molecule has 1 N–H and O–H groups in total. The second-order valence-electron chi connectivity index (χ2n) is 4.82. The van der Waals surface area contributed by atoms with Crippen molar-refractivity contribution in [3.05, 3.63) is 16.1 Å². The van der Waals surface area contributed by atoms with Crippen LogP contribution in [0.3, 0.4) is 0 Å². The number of nitrogens with zero attached hydrogens (tertiary/aromatic N) is 2. The van der Waals surface area contributed by atoms with E-state index in [4.69, 9.17) is 14.6 Å². The van der Waals surface area contributed by atoms with Gasteiger partial charge in [0.25, 0.3) is 0 Å². The molecular weight excluding hydrogens is 268 g/mol. The van der Waals surface area contributed by atoms with Crippen molar-refractivity contribution in [1.29, 1.82) is 0 Å². The van der Waals surface area contributed by atoms with Crippen LogP contribution in [0.2, 0.25) is 0 Å². The van der Waals surface area contributed by atoms with Gasteiger partial charge in [0, 0.05) is 31.3 Å². The fraction of sp³-hybridized carbons (Fsp3) is 0.667. The summed E-state index contributed by atoms with van der Waals surface area (Å²) in [7, 11) is 0. The Hall–Kier alpha value is -1.02. The second kappa shape index (κ2) is 5.16. The zero-order chi connectivity index (χ0) is 13.3. The van der Waals surface area contributed by atoms with Gasteiger partial charge in [0.1, 0.15) is 5.01 Å². The summed E-state index contributed by atoms with van der Waals surface area (Å²) in [5.41, 5.74) is 0.135. The molecule has 2 fully saturated rings. The van der Waals surface area contributed by atoms with Crippen molar-refractivity contribution in [2.75, 3.05) is 26.3 Å². The molecular formula is C12H16N2O4S. The fourth-order valence-electron chi connectivity index (χ4n) is 2.51. The highest BCUT2D eigenvalue weighted by atomic mass is 32.1. The predicted octanol–water partition coefficient (Wildman–Crippen LogP) is 1.18. The molecule has 3 rings (SSSR count). The SMILES string of the molecule is O=C(O)c1csc(CN2CCC3(CC2)OCCO3)n1. The first-order valence-corrected chi connectivity index (χ1v) is 7.23. The Labute approximate surface area is 115 Å². The van der Waals surface area contributed by atoms with E-state index in [1.165, 1.54) is 11.3 Å². The average molecular weight is 284 g/mol. The minimum Gasteiger partial charge on any atom is -0.476 e. The number of ether oxygens (including phenoxy) is 2. The molecule has 2 saturated heterocycles. The van der Waals surface area contributed by atoms with Crippen LogP contribution in [0.25, 0.3) is 0 Å². The molecule has 0 saturated carbocycles. The number of carboxylic acids is 1. The molecule has 1 aromatic rings. The Morgan fingerprint density at radius 1 is 1.42 bits per heavy atom. The molecule has 1 aromatic heterocycles. The zero-order valence-corrected chi connectivity index (χ0v) is 11.3. The number of hydrogen-bond donors (Lipinski definition) is 1. The minimum absolute atomic E-state index is 0.135. The summed E-state index contributed by atoms with van der Waals surface area (Å²) in [6.07, 6.45) is 1.73. The van der Waals surface area contributed by atoms with Gasteiger partial charge in [-0.15, -0.1) is 11.3 Å². The highest BCUT2D eigenvalue weighted by molar-refractivity contribution is 7.09. The summed E-state index contributed by atoms with van der Waals surface area (Å²) in [6.45, 7) is 3.86. The molecule has 0 atom stereocenters. The number of carbonyl (C=O) groups is 1. The van der Waals surface area contributed by atoms with Crippen molar-refractivity contribution >= 4 is 17.3 Å². The number of thiazole rings is 1. The van der Waals surface area contributed by atoms with Crippen molar-refractivity contribution in [3.8, 4) is 0 Å². The number of likely N-dealkylation sites (tertiary alicyclic amines) is 1. The normalized spacial score (nSPS) is 22.9. The van der Waals surface area contributed by atoms with Crippen LogP contribution >= 0.6 is 11.3 Å². The molecule has 0 aliphatic carbocycles. The number of aromatic nitrogens is 1. The highest BCUT2D eigenvalue weighted by Gasteiger charge is 2.39. The van der Waals surface area contributed by atoms with Gasteiger partial charge in [-0.05, 0) is 0 Å². The molecule has 0 aromatic carbocycles. The van der Waals surface area contributed by atoms with E-state index in [9.17, 15) is 4.79 Å². The molecule has 2 aliphatic rings. The van der Waals surface area contributed by atoms with Crippen LogP contribution in [0, 0.1) is 0 Å². The van der Waals surface area contributed by atoms with Gasteiger partial charge in [0.15, 0.2) is 11.5 Å². The lowest BCUT2D eigenvalue weighted by Crippen LogP contribution is -2.44. The molecule has 104 valence electrons. The Bertz CT molecular complexity index is 460. The lowest BCUT2D eigenvalue weighted by molar-refractivity contribution is -0.185. The number of carboxylic acid groups (broad SMARTS) is 1. The van der Waals surface area contributed by atoms with Gasteiger partial charge < -0.3 is 14.6 Å². The standard InChI is InChI=1S/C12H16N2O4S/c15-11(16)9-8-19-10(13-9)7-14-3-1-12(2-4-14)17-5-6-18-12/h8H,1-7H2,(H,15,16). The van der Waals surface area contributed by atoms with Gasteiger partial charge in [-0.25, -0.2) is 9.78 Å². The average Bonchev–Trinajstić information content (AvgIpc) is 3.02. The van der Waals surface area contributed by atoms with E-state index >= 15 is 0 Å². The number of hydrogen-bond acceptors (Lipinski definition) is 6. The van der Waals surface area contributed by atoms with E-state index in [2.05, 4.69) is 9.88 Å². The molecule has 3 heterocycles. The second-order valence-corrected chi connectivity index (χ2v) is 5.76. The molecule has 6 nitrogen and oxygen atoms in total. The monoisotopic (exact) mass is 284 g/mol. The third kappa shape index (κ3) is 2.79. The fourth-order valence-corrected chi connectivity index (χ4v) is 3.32. The maximum absolute atomic E-state index is 10.8. The summed E-state index contributed by atoms with van der Waals surface area (Å²) in [4.78, 5) is 17.1. The summed E-state index contributed by atoms with van der Waals surface area (Å²) in [5, 5.41) is 11.3. The van der Waals surface area contributed by atoms with Crippen molar-refractivity contribution in [1.82, 2.24) is 9.88 Å². The van der Waals surface area contributed by atoms with Gasteiger partial charge >= 0.3 is 5.97 Å². The molecule has 2 aliphatic heterocycles. The number of piperidine rings is 1. The maximum atomic E-state index is 10.8. The zero-order valence-electron chi connectivity index (χ0n) is 10.5. The van der Waals surface area contributed by atoms with Crippen molar-refractivity contribution < 1.29 is 19.4 Å². The summed E-state index contributed by atoms with van der Waals surface area (Å²) in [5.74, 6) is -1.32. The topological polar surface area (TPSA) is 71.9 Å². The van der Waals surface area contributed by atoms with Crippen LogP contribution in [0.4, 0.5) is 0 Å². The number of aromatic carboxylic acids is 1. The van der Waals surface area contributed by atoms with Crippen LogP contribution < -0.4 is 0 Å². The molecule has 1 spiro atoms. The number of rotatable bonds is 3. The van der Waals surface area contributed by atoms with E-state index in [1.807, 2.05) is 0 Å². The first-order valence-electron chi connectivity index (χ1n) is 6.35. The van der Waals surface area contributed by atoms with Crippen LogP contribution in [0.5, 0.6) is 0 Å². The van der Waals surface area contributed by atoms with E-state index in [1.54, 1.807) is 5.38 Å². The van der Waals surface area contributed by atoms with Crippen LogP contribution in [0.15, 0.2) is 5.38 Å². The van der Waals surface area contributed by atoms with E-state index in [-0.39, 0.29) is 11.5 Å². The lowest BCUT2D eigenvalue weighted by Gasteiger charge is -2.37. The Balaban J connectivity index is 1.55. The summed E-state index contributed by atoms with van der Waals surface area (Å²) >= 11 is 1.40. The Morgan fingerprint density at radius 2 is 2.11 bits per heavy atom. The van der Waals surface area contributed by atoms with Crippen molar-refractivity contribution in [2.45, 2.75) is 25.2 Å². The van der Waals surface area contributed by atoms with Crippen LogP contribution in [0.1, 0.15) is 28.3 Å². The molecule has 7 heteroatoms. The van der Waals surface area contributed by atoms with Gasteiger partial charge in [-0.3, -0.25) is 4.90 Å². The Kier molecular flexibility index (Phi) is 3.53. The largest absolute Gasteiger partial charge is 0.476 e. The smallest absolute Gasteiger partial charge is 0.355 e. The summed E-state index contributed by atoms with van der Waals surface area (Å²) < 4.78 is 11.4. The maximum Gasteiger partial charge on any atom is 0.355 e. The minimum atomic E-state index is -0.965. The highest BCUT2D eigenvalue weighted by Crippen LogP contribution is 2.31. The molecule has 0 amide bonds. The quantitative estimate of drug-likeness (QED) is 0.898. The van der Waals surface area contributed by atoms with Crippen LogP contribution in [-0.2, 0) is 16.0 Å². The summed E-state index contributed by atoms with van der Waals surface area (Å²) in [6, 6.07) is 0. The van der Waals surface area contributed by atoms with Gasteiger partial charge in [-0.1, -0.05) is 0 Å². The first-order chi connectivity index (χ1) is 9.17. The molecule has 0 bridgehead atoms. The van der Waals surface area contributed by atoms with Crippen molar-refractivity contribution in [2.24, 2.45) is 0 Å².